The second kappa shape index (κ2) is 6.92. The van der Waals surface area contributed by atoms with Gasteiger partial charge in [-0.2, -0.15) is 0 Å². The molecule has 100 valence electrons. The fourth-order valence-electron chi connectivity index (χ4n) is 2.45. The molecule has 4 heteroatoms. The summed E-state index contributed by atoms with van der Waals surface area (Å²) in [6, 6.07) is 6.49. The maximum absolute atomic E-state index is 5.42. The van der Waals surface area contributed by atoms with E-state index in [1.807, 2.05) is 0 Å². The molecule has 2 rings (SSSR count). The van der Waals surface area contributed by atoms with Gasteiger partial charge in [0.2, 0.25) is 0 Å². The van der Waals surface area contributed by atoms with Crippen LogP contribution in [0.2, 0.25) is 0 Å². The summed E-state index contributed by atoms with van der Waals surface area (Å²) >= 11 is 7.10. The second-order valence-electron chi connectivity index (χ2n) is 4.84. The van der Waals surface area contributed by atoms with Crippen LogP contribution in [0.4, 0.5) is 5.69 Å². The Kier molecular flexibility index (Phi) is 5.52. The quantitative estimate of drug-likeness (QED) is 0.730. The van der Waals surface area contributed by atoms with Gasteiger partial charge in [-0.15, -0.1) is 0 Å². The van der Waals surface area contributed by atoms with E-state index in [9.17, 15) is 0 Å². The standard InChI is InChI=1S/C14H19Br2NO/c1-17(10-11-4-6-18-7-5-11)14-3-2-13(16)8-12(14)9-15/h2-3,8,11H,4-7,9-10H2,1H3. The Morgan fingerprint density at radius 3 is 2.72 bits per heavy atom. The maximum atomic E-state index is 5.42. The van der Waals surface area contributed by atoms with Gasteiger partial charge in [0.25, 0.3) is 0 Å². The molecule has 0 unspecified atom stereocenters. The average Bonchev–Trinajstić information content (AvgIpc) is 2.39. The van der Waals surface area contributed by atoms with Crippen LogP contribution in [-0.4, -0.2) is 26.8 Å². The first-order valence-corrected chi connectivity index (χ1v) is 8.25. The smallest absolute Gasteiger partial charge is 0.0469 e. The molecule has 0 amide bonds. The topological polar surface area (TPSA) is 12.5 Å². The van der Waals surface area contributed by atoms with Gasteiger partial charge in [0, 0.05) is 42.3 Å². The predicted octanol–water partition coefficient (Wildman–Crippen LogP) is 4.21. The Balaban J connectivity index is 2.05. The Morgan fingerprint density at radius 1 is 1.33 bits per heavy atom. The van der Waals surface area contributed by atoms with E-state index >= 15 is 0 Å². The number of ether oxygens (including phenoxy) is 1. The first-order chi connectivity index (χ1) is 8.70. The molecule has 1 aromatic rings. The molecule has 0 aromatic heterocycles. The third-order valence-corrected chi connectivity index (χ3v) is 4.57. The molecular weight excluding hydrogens is 358 g/mol. The van der Waals surface area contributed by atoms with E-state index in [-0.39, 0.29) is 0 Å². The van der Waals surface area contributed by atoms with E-state index in [1.54, 1.807) is 0 Å². The van der Waals surface area contributed by atoms with Crippen LogP contribution in [0.3, 0.4) is 0 Å². The van der Waals surface area contributed by atoms with Crippen LogP contribution < -0.4 is 4.90 Å². The Labute approximate surface area is 126 Å². The molecule has 1 heterocycles. The van der Waals surface area contributed by atoms with Crippen molar-refractivity contribution in [3.05, 3.63) is 28.2 Å². The molecule has 2 nitrogen and oxygen atoms in total. The Bertz CT molecular complexity index is 391. The number of hydrogen-bond donors (Lipinski definition) is 0. The van der Waals surface area contributed by atoms with Gasteiger partial charge in [0.1, 0.15) is 0 Å². The SMILES string of the molecule is CN(CC1CCOCC1)c1ccc(Br)cc1CBr. The zero-order chi connectivity index (χ0) is 13.0. The molecule has 0 N–H and O–H groups in total. The molecule has 0 radical (unpaired) electrons. The fraction of sp³-hybridized carbons (Fsp3) is 0.571. The zero-order valence-electron chi connectivity index (χ0n) is 10.7. The van der Waals surface area contributed by atoms with Crippen molar-refractivity contribution in [1.82, 2.24) is 0 Å². The molecule has 0 spiro atoms. The average molecular weight is 377 g/mol. The summed E-state index contributed by atoms with van der Waals surface area (Å²) < 4.78 is 6.55. The minimum atomic E-state index is 0.760. The number of hydrogen-bond acceptors (Lipinski definition) is 2. The molecule has 1 fully saturated rings. The van der Waals surface area contributed by atoms with Crippen LogP contribution in [0.25, 0.3) is 0 Å². The highest BCUT2D eigenvalue weighted by Crippen LogP contribution is 2.27. The third kappa shape index (κ3) is 3.72. The van der Waals surface area contributed by atoms with Crippen molar-refractivity contribution < 1.29 is 4.74 Å². The summed E-state index contributed by atoms with van der Waals surface area (Å²) in [5.41, 5.74) is 2.65. The third-order valence-electron chi connectivity index (χ3n) is 3.47. The van der Waals surface area contributed by atoms with Crippen LogP contribution in [0.15, 0.2) is 22.7 Å². The Morgan fingerprint density at radius 2 is 2.06 bits per heavy atom. The van der Waals surface area contributed by atoms with E-state index in [1.165, 1.54) is 24.1 Å². The lowest BCUT2D eigenvalue weighted by Gasteiger charge is -2.29. The van der Waals surface area contributed by atoms with Crippen molar-refractivity contribution in [2.75, 3.05) is 31.7 Å². The van der Waals surface area contributed by atoms with Crippen LogP contribution in [0.5, 0.6) is 0 Å². The first-order valence-electron chi connectivity index (χ1n) is 6.34. The fourth-order valence-corrected chi connectivity index (χ4v) is 3.31. The minimum Gasteiger partial charge on any atom is -0.381 e. The second-order valence-corrected chi connectivity index (χ2v) is 6.32. The van der Waals surface area contributed by atoms with E-state index in [4.69, 9.17) is 4.74 Å². The van der Waals surface area contributed by atoms with E-state index in [0.29, 0.717) is 0 Å². The largest absolute Gasteiger partial charge is 0.381 e. The van der Waals surface area contributed by atoms with E-state index in [0.717, 1.165) is 35.5 Å². The molecule has 1 saturated heterocycles. The lowest BCUT2D eigenvalue weighted by molar-refractivity contribution is 0.0685. The summed E-state index contributed by atoms with van der Waals surface area (Å²) in [5, 5.41) is 0.889. The highest BCUT2D eigenvalue weighted by atomic mass is 79.9. The normalized spacial score (nSPS) is 16.8. The summed E-state index contributed by atoms with van der Waals surface area (Å²) in [6.07, 6.45) is 2.37. The molecule has 0 aliphatic carbocycles. The van der Waals surface area contributed by atoms with E-state index in [2.05, 4.69) is 62.0 Å². The molecule has 1 aliphatic rings. The zero-order valence-corrected chi connectivity index (χ0v) is 13.8. The van der Waals surface area contributed by atoms with Gasteiger partial charge in [-0.3, -0.25) is 0 Å². The van der Waals surface area contributed by atoms with Gasteiger partial charge < -0.3 is 9.64 Å². The summed E-state index contributed by atoms with van der Waals surface area (Å²) in [7, 11) is 2.19. The molecule has 18 heavy (non-hydrogen) atoms. The van der Waals surface area contributed by atoms with E-state index < -0.39 is 0 Å². The van der Waals surface area contributed by atoms with Gasteiger partial charge in [0.05, 0.1) is 0 Å². The van der Waals surface area contributed by atoms with Crippen molar-refractivity contribution >= 4 is 37.5 Å². The monoisotopic (exact) mass is 375 g/mol. The summed E-state index contributed by atoms with van der Waals surface area (Å²) in [5.74, 6) is 0.760. The lowest BCUT2D eigenvalue weighted by Crippen LogP contribution is -2.30. The minimum absolute atomic E-state index is 0.760. The number of benzene rings is 1. The van der Waals surface area contributed by atoms with Crippen molar-refractivity contribution in [3.63, 3.8) is 0 Å². The van der Waals surface area contributed by atoms with Crippen LogP contribution >= 0.6 is 31.9 Å². The van der Waals surface area contributed by atoms with Gasteiger partial charge in [0.15, 0.2) is 0 Å². The first kappa shape index (κ1) is 14.4. The van der Waals surface area contributed by atoms with Crippen LogP contribution in [-0.2, 0) is 10.1 Å². The van der Waals surface area contributed by atoms with Crippen molar-refractivity contribution in [2.24, 2.45) is 5.92 Å². The molecule has 0 saturated carbocycles. The number of nitrogens with zero attached hydrogens (tertiary/aromatic N) is 1. The van der Waals surface area contributed by atoms with Gasteiger partial charge >= 0.3 is 0 Å². The maximum Gasteiger partial charge on any atom is 0.0469 e. The highest BCUT2D eigenvalue weighted by Gasteiger charge is 2.17. The number of halogens is 2. The van der Waals surface area contributed by atoms with Gasteiger partial charge in [-0.05, 0) is 42.5 Å². The highest BCUT2D eigenvalue weighted by molar-refractivity contribution is 9.10. The predicted molar refractivity (Wildman–Crippen MR) is 83.6 cm³/mol. The number of alkyl halides is 1. The van der Waals surface area contributed by atoms with Crippen LogP contribution in [0.1, 0.15) is 18.4 Å². The molecular formula is C14H19Br2NO. The van der Waals surface area contributed by atoms with Gasteiger partial charge in [-0.25, -0.2) is 0 Å². The number of rotatable bonds is 4. The number of anilines is 1. The van der Waals surface area contributed by atoms with Crippen molar-refractivity contribution in [1.29, 1.82) is 0 Å². The summed E-state index contributed by atoms with van der Waals surface area (Å²) in [6.45, 7) is 2.96. The van der Waals surface area contributed by atoms with Crippen molar-refractivity contribution in [2.45, 2.75) is 18.2 Å². The molecule has 0 bridgehead atoms. The molecule has 1 aromatic carbocycles. The molecule has 1 aliphatic heterocycles. The Hall–Kier alpha value is -0.0600. The summed E-state index contributed by atoms with van der Waals surface area (Å²) in [4.78, 5) is 2.37. The lowest BCUT2D eigenvalue weighted by atomic mass is 9.99. The van der Waals surface area contributed by atoms with Crippen LogP contribution in [0, 0.1) is 5.92 Å². The molecule has 0 atom stereocenters. The van der Waals surface area contributed by atoms with Crippen molar-refractivity contribution in [3.8, 4) is 0 Å². The van der Waals surface area contributed by atoms with Gasteiger partial charge in [-0.1, -0.05) is 31.9 Å².